The lowest BCUT2D eigenvalue weighted by Gasteiger charge is -2.35. The van der Waals surface area contributed by atoms with E-state index in [1.807, 2.05) is 24.3 Å². The lowest BCUT2D eigenvalue weighted by molar-refractivity contribution is -0.120. The first kappa shape index (κ1) is 17.0. The Morgan fingerprint density at radius 1 is 1.38 bits per heavy atom. The van der Waals surface area contributed by atoms with Gasteiger partial charge in [0, 0.05) is 36.5 Å². The molecule has 1 unspecified atom stereocenters. The zero-order valence-corrected chi connectivity index (χ0v) is 14.1. The minimum atomic E-state index is -0.0282. The normalized spacial score (nSPS) is 16.7. The number of hydrogen-bond acceptors (Lipinski definition) is 4. The summed E-state index contributed by atoms with van der Waals surface area (Å²) in [6, 6.07) is 9.69. The molecular formula is C17H21ClN4O2. The Labute approximate surface area is 146 Å². The number of carbonyl (C=O) groups is 1. The van der Waals surface area contributed by atoms with Crippen LogP contribution in [0.2, 0.25) is 5.02 Å². The molecule has 0 bridgehead atoms. The monoisotopic (exact) mass is 348 g/mol. The zero-order chi connectivity index (χ0) is 16.8. The number of benzene rings is 1. The predicted molar refractivity (Wildman–Crippen MR) is 91.9 cm³/mol. The van der Waals surface area contributed by atoms with Gasteiger partial charge in [-0.2, -0.15) is 5.10 Å². The molecule has 0 spiro atoms. The number of nitrogens with one attached hydrogen (secondary N) is 2. The van der Waals surface area contributed by atoms with Crippen molar-refractivity contribution in [2.45, 2.75) is 12.5 Å². The van der Waals surface area contributed by atoms with Crippen LogP contribution in [0.15, 0.2) is 36.5 Å². The molecule has 1 aliphatic heterocycles. The number of amides is 1. The maximum Gasteiger partial charge on any atom is 0.226 e. The highest BCUT2D eigenvalue weighted by atomic mass is 35.5. The molecule has 2 aromatic rings. The molecule has 6 nitrogen and oxygen atoms in total. The van der Waals surface area contributed by atoms with Crippen LogP contribution < -0.4 is 5.32 Å². The molecule has 1 atom stereocenters. The largest absolute Gasteiger partial charge is 0.379 e. The maximum absolute atomic E-state index is 12.2. The van der Waals surface area contributed by atoms with Crippen molar-refractivity contribution >= 4 is 17.5 Å². The summed E-state index contributed by atoms with van der Waals surface area (Å²) in [6.45, 7) is 3.63. The third-order valence-electron chi connectivity index (χ3n) is 4.12. The summed E-state index contributed by atoms with van der Waals surface area (Å²) in [6.07, 6.45) is 1.94. The van der Waals surface area contributed by atoms with E-state index in [-0.39, 0.29) is 11.9 Å². The molecule has 3 rings (SSSR count). The van der Waals surface area contributed by atoms with Crippen molar-refractivity contribution in [1.82, 2.24) is 20.4 Å². The van der Waals surface area contributed by atoms with Gasteiger partial charge in [-0.15, -0.1) is 0 Å². The molecule has 1 aromatic heterocycles. The number of carbonyl (C=O) groups excluding carboxylic acids is 1. The topological polar surface area (TPSA) is 70.2 Å². The Kier molecular flexibility index (Phi) is 5.85. The first-order valence-corrected chi connectivity index (χ1v) is 8.42. The van der Waals surface area contributed by atoms with Crippen LogP contribution in [-0.2, 0) is 16.0 Å². The average molecular weight is 349 g/mol. The Morgan fingerprint density at radius 2 is 2.21 bits per heavy atom. The number of ether oxygens (including phenoxy) is 1. The van der Waals surface area contributed by atoms with E-state index in [2.05, 4.69) is 20.4 Å². The highest BCUT2D eigenvalue weighted by molar-refractivity contribution is 6.30. The van der Waals surface area contributed by atoms with Crippen molar-refractivity contribution in [3.8, 4) is 0 Å². The number of halogens is 1. The fourth-order valence-electron chi connectivity index (χ4n) is 2.89. The van der Waals surface area contributed by atoms with Crippen LogP contribution in [0.25, 0.3) is 0 Å². The van der Waals surface area contributed by atoms with Crippen LogP contribution in [0.3, 0.4) is 0 Å². The van der Waals surface area contributed by atoms with Crippen molar-refractivity contribution in [2.24, 2.45) is 0 Å². The molecular weight excluding hydrogens is 328 g/mol. The van der Waals surface area contributed by atoms with Gasteiger partial charge in [-0.05, 0) is 23.8 Å². The van der Waals surface area contributed by atoms with Crippen molar-refractivity contribution < 1.29 is 9.53 Å². The Bertz CT molecular complexity index is 656. The fraction of sp³-hybridized carbons (Fsp3) is 0.412. The summed E-state index contributed by atoms with van der Waals surface area (Å²) < 4.78 is 5.44. The molecule has 0 aliphatic carbocycles. The average Bonchev–Trinajstić information content (AvgIpc) is 3.09. The second kappa shape index (κ2) is 8.28. The molecule has 24 heavy (non-hydrogen) atoms. The highest BCUT2D eigenvalue weighted by Crippen LogP contribution is 2.24. The van der Waals surface area contributed by atoms with E-state index in [9.17, 15) is 4.79 Å². The standard InChI is InChI=1S/C17H21ClN4O2/c18-14-3-1-2-13(10-14)16(22-6-8-24-9-7-22)12-19-17(23)11-15-4-5-20-21-15/h1-5,10,16H,6-9,11-12H2,(H,19,23)(H,20,21). The molecule has 128 valence electrons. The molecule has 2 N–H and O–H groups in total. The van der Waals surface area contributed by atoms with E-state index in [1.165, 1.54) is 0 Å². The van der Waals surface area contributed by atoms with Gasteiger partial charge in [0.05, 0.1) is 25.7 Å². The van der Waals surface area contributed by atoms with Gasteiger partial charge < -0.3 is 10.1 Å². The highest BCUT2D eigenvalue weighted by Gasteiger charge is 2.23. The van der Waals surface area contributed by atoms with Gasteiger partial charge in [0.2, 0.25) is 5.91 Å². The first-order valence-electron chi connectivity index (χ1n) is 8.04. The third kappa shape index (κ3) is 4.56. The number of nitrogens with zero attached hydrogens (tertiary/aromatic N) is 2. The van der Waals surface area contributed by atoms with Crippen molar-refractivity contribution in [3.05, 3.63) is 52.8 Å². The van der Waals surface area contributed by atoms with Crippen LogP contribution in [0.5, 0.6) is 0 Å². The predicted octanol–water partition coefficient (Wildman–Crippen LogP) is 1.80. The number of rotatable bonds is 6. The molecule has 0 radical (unpaired) electrons. The maximum atomic E-state index is 12.2. The first-order chi connectivity index (χ1) is 11.7. The zero-order valence-electron chi connectivity index (χ0n) is 13.4. The minimum Gasteiger partial charge on any atom is -0.379 e. The van der Waals surface area contributed by atoms with E-state index >= 15 is 0 Å². The smallest absolute Gasteiger partial charge is 0.226 e. The number of hydrogen-bond donors (Lipinski definition) is 2. The number of aromatic nitrogens is 2. The van der Waals surface area contributed by atoms with Gasteiger partial charge in [0.15, 0.2) is 0 Å². The molecule has 1 amide bonds. The van der Waals surface area contributed by atoms with Crippen LogP contribution >= 0.6 is 11.6 Å². The van der Waals surface area contributed by atoms with E-state index in [0.717, 1.165) is 24.3 Å². The van der Waals surface area contributed by atoms with Gasteiger partial charge in [-0.3, -0.25) is 14.8 Å². The molecule has 0 saturated carbocycles. The second-order valence-corrected chi connectivity index (χ2v) is 6.22. The third-order valence-corrected chi connectivity index (χ3v) is 4.36. The van der Waals surface area contributed by atoms with E-state index in [4.69, 9.17) is 16.3 Å². The van der Waals surface area contributed by atoms with Crippen LogP contribution in [-0.4, -0.2) is 53.9 Å². The Hall–Kier alpha value is -1.89. The summed E-state index contributed by atoms with van der Waals surface area (Å²) in [5, 5.41) is 10.4. The number of H-pyrrole nitrogens is 1. The van der Waals surface area contributed by atoms with E-state index in [0.29, 0.717) is 31.2 Å². The van der Waals surface area contributed by atoms with Crippen LogP contribution in [0.4, 0.5) is 0 Å². The Balaban J connectivity index is 1.66. The van der Waals surface area contributed by atoms with Gasteiger partial charge >= 0.3 is 0 Å². The SMILES string of the molecule is O=C(Cc1ccn[nH]1)NCC(c1cccc(Cl)c1)N1CCOCC1. The van der Waals surface area contributed by atoms with Crippen LogP contribution in [0.1, 0.15) is 17.3 Å². The van der Waals surface area contributed by atoms with Gasteiger partial charge in [-0.25, -0.2) is 0 Å². The lowest BCUT2D eigenvalue weighted by atomic mass is 10.0. The quantitative estimate of drug-likeness (QED) is 0.835. The summed E-state index contributed by atoms with van der Waals surface area (Å²) >= 11 is 6.14. The van der Waals surface area contributed by atoms with Crippen LogP contribution in [0, 0.1) is 0 Å². The molecule has 2 heterocycles. The fourth-order valence-corrected chi connectivity index (χ4v) is 3.09. The van der Waals surface area contributed by atoms with Gasteiger partial charge in [0.1, 0.15) is 0 Å². The summed E-state index contributed by atoms with van der Waals surface area (Å²) in [5.41, 5.74) is 1.91. The van der Waals surface area contributed by atoms with E-state index in [1.54, 1.807) is 12.3 Å². The van der Waals surface area contributed by atoms with Crippen molar-refractivity contribution in [1.29, 1.82) is 0 Å². The van der Waals surface area contributed by atoms with Gasteiger partial charge in [-0.1, -0.05) is 23.7 Å². The minimum absolute atomic E-state index is 0.0282. The van der Waals surface area contributed by atoms with Crippen molar-refractivity contribution in [3.63, 3.8) is 0 Å². The Morgan fingerprint density at radius 3 is 2.92 bits per heavy atom. The summed E-state index contributed by atoms with van der Waals surface area (Å²) in [4.78, 5) is 14.5. The summed E-state index contributed by atoms with van der Waals surface area (Å²) in [7, 11) is 0. The molecule has 1 fully saturated rings. The molecule has 7 heteroatoms. The molecule has 1 aromatic carbocycles. The molecule has 1 aliphatic rings. The number of aromatic amines is 1. The summed E-state index contributed by atoms with van der Waals surface area (Å²) in [5.74, 6) is -0.0282. The van der Waals surface area contributed by atoms with Gasteiger partial charge in [0.25, 0.3) is 0 Å². The number of morpholine rings is 1. The van der Waals surface area contributed by atoms with Crippen molar-refractivity contribution in [2.75, 3.05) is 32.8 Å². The lowest BCUT2D eigenvalue weighted by Crippen LogP contribution is -2.44. The second-order valence-electron chi connectivity index (χ2n) is 5.78. The molecule has 1 saturated heterocycles. The van der Waals surface area contributed by atoms with E-state index < -0.39 is 0 Å².